The van der Waals surface area contributed by atoms with Crippen LogP contribution in [0.4, 0.5) is 8.78 Å². The number of rotatable bonds is 2. The van der Waals surface area contributed by atoms with E-state index in [1.165, 1.54) is 0 Å². The number of phenols is 1. The minimum atomic E-state index is -4.06. The summed E-state index contributed by atoms with van der Waals surface area (Å²) in [5, 5.41) is 8.99. The van der Waals surface area contributed by atoms with Gasteiger partial charge in [-0.1, -0.05) is 0 Å². The molecule has 0 atom stereocenters. The predicted octanol–water partition coefficient (Wildman–Crippen LogP) is 2.50. The average Bonchev–Trinajstić information content (AvgIpc) is 2.07. The van der Waals surface area contributed by atoms with Crippen LogP contribution in [0.2, 0.25) is 0 Å². The van der Waals surface area contributed by atoms with Crippen LogP contribution in [0.5, 0.6) is 5.75 Å². The lowest BCUT2D eigenvalue weighted by Crippen LogP contribution is -2.02. The molecule has 1 rings (SSSR count). The van der Waals surface area contributed by atoms with Gasteiger partial charge in [-0.05, 0) is 15.9 Å². The molecular weight excluding hydrogens is 317 g/mol. The topological polar surface area (TPSA) is 54.4 Å². The van der Waals surface area contributed by atoms with Gasteiger partial charge in [0.25, 0.3) is 0 Å². The maximum absolute atomic E-state index is 13.3. The van der Waals surface area contributed by atoms with Crippen molar-refractivity contribution in [1.29, 1.82) is 0 Å². The molecule has 0 bridgehead atoms. The summed E-state index contributed by atoms with van der Waals surface area (Å²) in [5.74, 6) is -3.99. The summed E-state index contributed by atoms with van der Waals surface area (Å²) in [4.78, 5) is 0. The lowest BCUT2D eigenvalue weighted by molar-refractivity contribution is 0.452. The minimum absolute atomic E-state index is 0.404. The molecule has 0 aliphatic rings. The quantitative estimate of drug-likeness (QED) is 0.672. The van der Waals surface area contributed by atoms with Crippen LogP contribution in [0.15, 0.2) is 10.5 Å². The summed E-state index contributed by atoms with van der Waals surface area (Å²) in [7, 11) is 0.803. The molecule has 15 heavy (non-hydrogen) atoms. The molecular formula is C7H4BrClF2O3S. The van der Waals surface area contributed by atoms with Gasteiger partial charge < -0.3 is 5.11 Å². The summed E-state index contributed by atoms with van der Waals surface area (Å²) < 4.78 is 47.3. The third kappa shape index (κ3) is 3.02. The molecule has 1 N–H and O–H groups in total. The predicted molar refractivity (Wildman–Crippen MR) is 54.2 cm³/mol. The highest BCUT2D eigenvalue weighted by atomic mass is 79.9. The molecule has 0 saturated carbocycles. The van der Waals surface area contributed by atoms with E-state index < -0.39 is 42.2 Å². The molecule has 0 aliphatic heterocycles. The summed E-state index contributed by atoms with van der Waals surface area (Å²) >= 11 is 2.64. The van der Waals surface area contributed by atoms with Crippen molar-refractivity contribution in [3.63, 3.8) is 0 Å². The lowest BCUT2D eigenvalue weighted by Gasteiger charge is -2.06. The largest absolute Gasteiger partial charge is 0.507 e. The first-order valence-electron chi connectivity index (χ1n) is 3.50. The fourth-order valence-electron chi connectivity index (χ4n) is 0.925. The van der Waals surface area contributed by atoms with Gasteiger partial charge in [0.15, 0.2) is 0 Å². The molecule has 0 radical (unpaired) electrons. The smallest absolute Gasteiger partial charge is 0.236 e. The number of aromatic hydroxyl groups is 1. The maximum Gasteiger partial charge on any atom is 0.236 e. The zero-order chi connectivity index (χ0) is 11.8. The maximum atomic E-state index is 13.3. The molecule has 0 aromatic heterocycles. The Kier molecular flexibility index (Phi) is 3.57. The second kappa shape index (κ2) is 4.23. The van der Waals surface area contributed by atoms with Crippen LogP contribution in [0.1, 0.15) is 5.56 Å². The fourth-order valence-corrected chi connectivity index (χ4v) is 2.22. The first kappa shape index (κ1) is 12.7. The monoisotopic (exact) mass is 320 g/mol. The van der Waals surface area contributed by atoms with Gasteiger partial charge in [-0.2, -0.15) is 0 Å². The first-order valence-corrected chi connectivity index (χ1v) is 6.77. The van der Waals surface area contributed by atoms with Crippen LogP contribution in [0.25, 0.3) is 0 Å². The van der Waals surface area contributed by atoms with Gasteiger partial charge in [-0.15, -0.1) is 0 Å². The number of phenolic OH excluding ortho intramolecular Hbond substituents is 1. The highest BCUT2D eigenvalue weighted by Crippen LogP contribution is 2.32. The van der Waals surface area contributed by atoms with E-state index in [9.17, 15) is 17.2 Å². The summed E-state index contributed by atoms with van der Waals surface area (Å²) in [6.07, 6.45) is 0. The number of halogens is 4. The molecule has 1 aromatic carbocycles. The Morgan fingerprint density at radius 1 is 1.47 bits per heavy atom. The highest BCUT2D eigenvalue weighted by molar-refractivity contribution is 9.10. The minimum Gasteiger partial charge on any atom is -0.507 e. The second-order valence-electron chi connectivity index (χ2n) is 2.67. The Bertz CT molecular complexity index is 503. The molecule has 3 nitrogen and oxygen atoms in total. The van der Waals surface area contributed by atoms with Gasteiger partial charge in [0.2, 0.25) is 9.05 Å². The van der Waals surface area contributed by atoms with E-state index >= 15 is 0 Å². The van der Waals surface area contributed by atoms with Crippen molar-refractivity contribution >= 4 is 35.7 Å². The van der Waals surface area contributed by atoms with E-state index in [0.717, 1.165) is 0 Å². The van der Waals surface area contributed by atoms with E-state index in [1.54, 1.807) is 0 Å². The van der Waals surface area contributed by atoms with Crippen molar-refractivity contribution in [2.45, 2.75) is 5.75 Å². The van der Waals surface area contributed by atoms with Gasteiger partial charge >= 0.3 is 0 Å². The van der Waals surface area contributed by atoms with E-state index in [4.69, 9.17) is 15.8 Å². The zero-order valence-electron chi connectivity index (χ0n) is 6.97. The first-order chi connectivity index (χ1) is 6.72. The third-order valence-corrected chi connectivity index (χ3v) is 3.27. The van der Waals surface area contributed by atoms with Crippen LogP contribution in [0, 0.1) is 11.6 Å². The Labute approximate surface area is 97.2 Å². The number of hydrogen-bond donors (Lipinski definition) is 1. The number of benzene rings is 1. The fraction of sp³-hybridized carbons (Fsp3) is 0.143. The van der Waals surface area contributed by atoms with Crippen LogP contribution >= 0.6 is 26.6 Å². The van der Waals surface area contributed by atoms with Crippen molar-refractivity contribution in [3.05, 3.63) is 27.7 Å². The normalized spacial score (nSPS) is 11.7. The van der Waals surface area contributed by atoms with Gasteiger partial charge in [-0.25, -0.2) is 17.2 Å². The summed E-state index contributed by atoms with van der Waals surface area (Å²) in [6, 6.07) is 0.602. The standard InChI is InChI=1S/C7H4BrClF2O3S/c8-6-5(12)1-4(10)3(7(6)11)2-15(9,13)14/h1,12H,2H2. The van der Waals surface area contributed by atoms with Crippen molar-refractivity contribution in [2.24, 2.45) is 0 Å². The van der Waals surface area contributed by atoms with Crippen molar-refractivity contribution in [1.82, 2.24) is 0 Å². The molecule has 84 valence electrons. The van der Waals surface area contributed by atoms with Crippen molar-refractivity contribution in [3.8, 4) is 5.75 Å². The third-order valence-electron chi connectivity index (χ3n) is 1.55. The highest BCUT2D eigenvalue weighted by Gasteiger charge is 2.20. The lowest BCUT2D eigenvalue weighted by atomic mass is 10.2. The van der Waals surface area contributed by atoms with Crippen LogP contribution in [0.3, 0.4) is 0 Å². The molecule has 0 unspecified atom stereocenters. The molecule has 0 spiro atoms. The summed E-state index contributed by atoms with van der Waals surface area (Å²) in [5.41, 5.74) is -0.713. The molecule has 0 amide bonds. The average molecular weight is 322 g/mol. The summed E-state index contributed by atoms with van der Waals surface area (Å²) in [6.45, 7) is 0. The number of hydrogen-bond acceptors (Lipinski definition) is 3. The van der Waals surface area contributed by atoms with Crippen LogP contribution in [-0.2, 0) is 14.8 Å². The molecule has 8 heteroatoms. The second-order valence-corrected chi connectivity index (χ2v) is 6.24. The molecule has 0 fully saturated rings. The van der Waals surface area contributed by atoms with Crippen LogP contribution < -0.4 is 0 Å². The van der Waals surface area contributed by atoms with Gasteiger partial charge in [-0.3, -0.25) is 0 Å². The van der Waals surface area contributed by atoms with E-state index in [2.05, 4.69) is 15.9 Å². The molecule has 1 aromatic rings. The molecule has 0 saturated heterocycles. The van der Waals surface area contributed by atoms with E-state index in [0.29, 0.717) is 6.07 Å². The Morgan fingerprint density at radius 2 is 2.00 bits per heavy atom. The SMILES string of the molecule is O=S(=O)(Cl)Cc1c(F)cc(O)c(Br)c1F. The molecule has 0 heterocycles. The van der Waals surface area contributed by atoms with Crippen molar-refractivity contribution in [2.75, 3.05) is 0 Å². The van der Waals surface area contributed by atoms with E-state index in [-0.39, 0.29) is 0 Å². The van der Waals surface area contributed by atoms with Gasteiger partial charge in [0.05, 0.1) is 10.2 Å². The van der Waals surface area contributed by atoms with Crippen molar-refractivity contribution < 1.29 is 22.3 Å². The Balaban J connectivity index is 3.37. The zero-order valence-corrected chi connectivity index (χ0v) is 10.1. The molecule has 0 aliphatic carbocycles. The van der Waals surface area contributed by atoms with Gasteiger partial charge in [0.1, 0.15) is 17.4 Å². The van der Waals surface area contributed by atoms with Gasteiger partial charge in [0, 0.05) is 22.3 Å². The Morgan fingerprint density at radius 3 is 2.47 bits per heavy atom. The Hall–Kier alpha value is -0.400. The van der Waals surface area contributed by atoms with Crippen LogP contribution in [-0.4, -0.2) is 13.5 Å². The van der Waals surface area contributed by atoms with E-state index in [1.807, 2.05) is 0 Å².